The van der Waals surface area contributed by atoms with Crippen molar-refractivity contribution in [1.29, 1.82) is 0 Å². The predicted molar refractivity (Wildman–Crippen MR) is 244 cm³/mol. The molecule has 0 amide bonds. The monoisotopic (exact) mass is 770 g/mol. The molecular formula is C53H46N4O. The normalized spacial score (nSPS) is 15.9. The number of ether oxygens (including phenoxy) is 1. The van der Waals surface area contributed by atoms with E-state index in [1.807, 2.05) is 48.7 Å². The van der Waals surface area contributed by atoms with Crippen LogP contribution >= 0.6 is 0 Å². The van der Waals surface area contributed by atoms with E-state index in [0.29, 0.717) is 17.2 Å². The van der Waals surface area contributed by atoms with Crippen LogP contribution in [0, 0.1) is 13.7 Å². The van der Waals surface area contributed by atoms with E-state index in [1.54, 1.807) is 42.5 Å². The molecule has 0 saturated heterocycles. The molecule has 0 spiro atoms. The Labute approximate surface area is 363 Å². The minimum Gasteiger partial charge on any atom is -0.457 e. The average molecular weight is 771 g/mol. The third-order valence-electron chi connectivity index (χ3n) is 9.85. The lowest BCUT2D eigenvalue weighted by atomic mass is 9.88. The lowest BCUT2D eigenvalue weighted by Crippen LogP contribution is -2.12. The molecule has 0 unspecified atom stereocenters. The fourth-order valence-electron chi connectivity index (χ4n) is 7.11. The van der Waals surface area contributed by atoms with E-state index in [-0.39, 0.29) is 16.8 Å². The minimum absolute atomic E-state index is 0.114. The standard InChI is InChI=1S/C53H46N4O/c1-35-31-36(2)51(38-19-10-7-11-20-38)52(50(35)37-17-8-6-9-18-37)56-46-25-14-13-24-45(46)55-40-21-16-22-41(33-40)58-42-27-28-44-43-23-12-15-26-47(43)57(48(44)34-42)49-32-39(29-30-54-49)53(3,4)5/h6-34,55-56H,1-5H3/i1D3,2D3,6D,7D,8D,9D,10D,11D,17D,18D,19D,20D. The Morgan fingerprint density at radius 3 is 1.93 bits per heavy atom. The summed E-state index contributed by atoms with van der Waals surface area (Å²) in [5.41, 5.74) is -0.718. The summed E-state index contributed by atoms with van der Waals surface area (Å²) in [6.45, 7) is 0.000644. The third kappa shape index (κ3) is 7.08. The van der Waals surface area contributed by atoms with Crippen molar-refractivity contribution in [2.24, 2.45) is 0 Å². The number of aromatic nitrogens is 2. The van der Waals surface area contributed by atoms with Gasteiger partial charge in [-0.05, 0) is 102 Å². The van der Waals surface area contributed by atoms with Crippen LogP contribution in [0.3, 0.4) is 0 Å². The summed E-state index contributed by atoms with van der Waals surface area (Å²) in [6, 6.07) is 23.9. The molecule has 284 valence electrons. The van der Waals surface area contributed by atoms with Crippen molar-refractivity contribution in [3.63, 3.8) is 0 Å². The molecule has 0 fully saturated rings. The van der Waals surface area contributed by atoms with Crippen LogP contribution in [0.1, 0.15) is 59.4 Å². The van der Waals surface area contributed by atoms with Gasteiger partial charge in [0.1, 0.15) is 17.3 Å². The summed E-state index contributed by atoms with van der Waals surface area (Å²) in [4.78, 5) is 4.78. The van der Waals surface area contributed by atoms with Gasteiger partial charge in [-0.3, -0.25) is 4.57 Å². The molecule has 0 aliphatic heterocycles. The van der Waals surface area contributed by atoms with Crippen LogP contribution in [0.4, 0.5) is 22.7 Å². The summed E-state index contributed by atoms with van der Waals surface area (Å²) in [7, 11) is 0. The first-order valence-electron chi connectivity index (χ1n) is 26.6. The highest BCUT2D eigenvalue weighted by Crippen LogP contribution is 2.44. The largest absolute Gasteiger partial charge is 0.457 e. The lowest BCUT2D eigenvalue weighted by Gasteiger charge is -2.23. The maximum absolute atomic E-state index is 9.03. The Morgan fingerprint density at radius 1 is 0.603 bits per heavy atom. The van der Waals surface area contributed by atoms with Gasteiger partial charge >= 0.3 is 0 Å². The number of fused-ring (bicyclic) bond motifs is 3. The number of rotatable bonds is 9. The fraction of sp³-hybridized carbons (Fsp3) is 0.113. The number of hydrogen-bond donors (Lipinski definition) is 2. The second-order valence-corrected chi connectivity index (χ2v) is 14.7. The molecule has 9 rings (SSSR count). The second-order valence-electron chi connectivity index (χ2n) is 14.7. The number of hydrogen-bond acceptors (Lipinski definition) is 4. The van der Waals surface area contributed by atoms with Crippen LogP contribution in [0.25, 0.3) is 49.9 Å². The average Bonchev–Trinajstić information content (AvgIpc) is 3.68. The van der Waals surface area contributed by atoms with Crippen molar-refractivity contribution in [2.45, 2.75) is 39.9 Å². The van der Waals surface area contributed by atoms with Crippen molar-refractivity contribution in [2.75, 3.05) is 10.6 Å². The fourth-order valence-corrected chi connectivity index (χ4v) is 7.11. The number of aryl methyl sites for hydroxylation is 2. The van der Waals surface area contributed by atoms with Crippen LogP contribution in [0.15, 0.2) is 176 Å². The van der Waals surface area contributed by atoms with Crippen LogP contribution in [-0.2, 0) is 5.41 Å². The molecule has 0 radical (unpaired) electrons. The predicted octanol–water partition coefficient (Wildman–Crippen LogP) is 14.7. The molecule has 5 heteroatoms. The summed E-state index contributed by atoms with van der Waals surface area (Å²) in [5.74, 6) is 1.70. The molecule has 5 nitrogen and oxygen atoms in total. The Morgan fingerprint density at radius 2 is 1.24 bits per heavy atom. The van der Waals surface area contributed by atoms with Crippen molar-refractivity contribution in [3.8, 4) is 39.6 Å². The van der Waals surface area contributed by atoms with Crippen LogP contribution < -0.4 is 15.4 Å². The van der Waals surface area contributed by atoms with E-state index >= 15 is 0 Å². The van der Waals surface area contributed by atoms with E-state index in [4.69, 9.17) is 31.7 Å². The van der Waals surface area contributed by atoms with E-state index in [9.17, 15) is 0 Å². The summed E-state index contributed by atoms with van der Waals surface area (Å²) >= 11 is 0. The molecule has 0 bridgehead atoms. The van der Waals surface area contributed by atoms with Gasteiger partial charge in [0.25, 0.3) is 0 Å². The van der Waals surface area contributed by atoms with E-state index in [1.165, 1.54) is 6.07 Å². The van der Waals surface area contributed by atoms with Crippen LogP contribution in [-0.4, -0.2) is 9.55 Å². The van der Waals surface area contributed by atoms with Gasteiger partial charge in [0, 0.05) is 54.1 Å². The molecule has 58 heavy (non-hydrogen) atoms. The molecule has 0 aliphatic rings. The highest BCUT2D eigenvalue weighted by Gasteiger charge is 2.20. The number of anilines is 4. The number of pyridine rings is 1. The molecule has 2 N–H and O–H groups in total. The first-order valence-corrected chi connectivity index (χ1v) is 18.6. The Bertz CT molecular complexity index is 3580. The van der Waals surface area contributed by atoms with E-state index in [2.05, 4.69) is 48.1 Å². The van der Waals surface area contributed by atoms with E-state index in [0.717, 1.165) is 39.3 Å². The number of nitrogens with one attached hydrogen (secondary N) is 2. The third-order valence-corrected chi connectivity index (χ3v) is 9.85. The molecule has 9 aromatic rings. The first kappa shape index (κ1) is 22.6. The Balaban J connectivity index is 1.20. The van der Waals surface area contributed by atoms with Gasteiger partial charge < -0.3 is 15.4 Å². The molecule has 0 saturated carbocycles. The second kappa shape index (κ2) is 15.1. The first-order chi connectivity index (χ1) is 34.8. The maximum Gasteiger partial charge on any atom is 0.137 e. The van der Waals surface area contributed by atoms with Crippen LogP contribution in [0.5, 0.6) is 11.5 Å². The van der Waals surface area contributed by atoms with Gasteiger partial charge in [-0.15, -0.1) is 0 Å². The molecule has 2 aromatic heterocycles. The minimum atomic E-state index is -3.22. The molecule has 0 aliphatic carbocycles. The van der Waals surface area contributed by atoms with Crippen molar-refractivity contribution in [3.05, 3.63) is 193 Å². The van der Waals surface area contributed by atoms with Gasteiger partial charge in [-0.2, -0.15) is 0 Å². The molecule has 7 aromatic carbocycles. The van der Waals surface area contributed by atoms with Gasteiger partial charge in [0.15, 0.2) is 0 Å². The Kier molecular flexibility index (Phi) is 5.88. The number of nitrogens with zero attached hydrogens (tertiary/aromatic N) is 2. The zero-order chi connectivity index (χ0) is 53.5. The summed E-state index contributed by atoms with van der Waals surface area (Å²) in [6.07, 6.45) is 1.81. The zero-order valence-corrected chi connectivity index (χ0v) is 31.8. The van der Waals surface area contributed by atoms with Crippen molar-refractivity contribution >= 4 is 44.6 Å². The van der Waals surface area contributed by atoms with Crippen LogP contribution in [0.2, 0.25) is 0 Å². The molecular weight excluding hydrogens is 709 g/mol. The summed E-state index contributed by atoms with van der Waals surface area (Å²) in [5, 5.41) is 8.47. The summed E-state index contributed by atoms with van der Waals surface area (Å²) < 4.78 is 148. The number of para-hydroxylation sites is 3. The van der Waals surface area contributed by atoms with Gasteiger partial charge in [0.2, 0.25) is 0 Å². The highest BCUT2D eigenvalue weighted by molar-refractivity contribution is 6.09. The van der Waals surface area contributed by atoms with Gasteiger partial charge in [-0.25, -0.2) is 4.98 Å². The highest BCUT2D eigenvalue weighted by atomic mass is 16.5. The Hall–Kier alpha value is -7.11. The maximum atomic E-state index is 9.03. The zero-order valence-electron chi connectivity index (χ0n) is 47.8. The van der Waals surface area contributed by atoms with Crippen molar-refractivity contribution in [1.82, 2.24) is 9.55 Å². The molecule has 0 atom stereocenters. The van der Waals surface area contributed by atoms with E-state index < -0.39 is 113 Å². The van der Waals surface area contributed by atoms with Gasteiger partial charge in [0.05, 0.1) is 41.8 Å². The topological polar surface area (TPSA) is 51.1 Å². The van der Waals surface area contributed by atoms with Gasteiger partial charge in [-0.1, -0.05) is 124 Å². The number of benzene rings is 7. The molecule has 2 heterocycles. The SMILES string of the molecule is [2H]c1c([2H])c([2H])c(-c2c(C([2H])([2H])[2H])cc(C([2H])([2H])[2H])c(-c3c([2H])c([2H])c([2H])c([2H])c3[2H])c2Nc2ccccc2Nc2cccc(Oc3ccc4c5ccccc5n(-c5cc(C(C)(C)C)ccn5)c4c3)c2)c([2H])c1[2H]. The smallest absolute Gasteiger partial charge is 0.137 e. The lowest BCUT2D eigenvalue weighted by molar-refractivity contribution is 0.483. The quantitative estimate of drug-likeness (QED) is 0.153. The van der Waals surface area contributed by atoms with Crippen molar-refractivity contribution < 1.29 is 26.7 Å².